The zero-order valence-electron chi connectivity index (χ0n) is 10.5. The van der Waals surface area contributed by atoms with Gasteiger partial charge in [0.1, 0.15) is 6.17 Å². The summed E-state index contributed by atoms with van der Waals surface area (Å²) < 4.78 is 18.6. The molecule has 0 spiro atoms. The molecule has 0 aromatic carbocycles. The Hall–Kier alpha value is -0.900. The van der Waals surface area contributed by atoms with Gasteiger partial charge in [-0.05, 0) is 33.2 Å². The van der Waals surface area contributed by atoms with Crippen LogP contribution in [0.5, 0.6) is 0 Å². The van der Waals surface area contributed by atoms with Crippen molar-refractivity contribution in [3.8, 4) is 0 Å². The quantitative estimate of drug-likeness (QED) is 0.559. The van der Waals surface area contributed by atoms with Gasteiger partial charge in [0, 0.05) is 24.1 Å². The van der Waals surface area contributed by atoms with Gasteiger partial charge in [-0.1, -0.05) is 6.08 Å². The lowest BCUT2D eigenvalue weighted by atomic mass is 9.93. The van der Waals surface area contributed by atoms with E-state index in [1.54, 1.807) is 6.92 Å². The minimum Gasteiger partial charge on any atom is -0.463 e. The largest absolute Gasteiger partial charge is 0.463 e. The van der Waals surface area contributed by atoms with E-state index in [0.29, 0.717) is 13.0 Å². The molecular weight excluding hydrogens is 221 g/mol. The third-order valence-electron chi connectivity index (χ3n) is 3.96. The number of rotatable bonds is 3. The molecule has 0 radical (unpaired) electrons. The fraction of sp³-hybridized carbons (Fsp3) is 0.769. The van der Waals surface area contributed by atoms with E-state index < -0.39 is 6.17 Å². The van der Waals surface area contributed by atoms with E-state index in [9.17, 15) is 9.18 Å². The number of fused-ring (bicyclic) bond motifs is 1. The summed E-state index contributed by atoms with van der Waals surface area (Å²) in [6, 6.07) is -0.0376. The number of halogens is 1. The van der Waals surface area contributed by atoms with E-state index in [1.165, 1.54) is 6.08 Å². The zero-order valence-corrected chi connectivity index (χ0v) is 10.5. The highest BCUT2D eigenvalue weighted by Crippen LogP contribution is 2.44. The van der Waals surface area contributed by atoms with Crippen LogP contribution in [0.2, 0.25) is 0 Å². The summed E-state index contributed by atoms with van der Waals surface area (Å²) >= 11 is 0. The van der Waals surface area contributed by atoms with Gasteiger partial charge in [-0.3, -0.25) is 4.90 Å². The van der Waals surface area contributed by atoms with Crippen LogP contribution >= 0.6 is 0 Å². The first-order valence-electron chi connectivity index (χ1n) is 6.36. The van der Waals surface area contributed by atoms with Crippen molar-refractivity contribution in [1.29, 1.82) is 0 Å². The van der Waals surface area contributed by atoms with Crippen molar-refractivity contribution in [2.45, 2.75) is 50.9 Å². The van der Waals surface area contributed by atoms with Crippen molar-refractivity contribution in [3.63, 3.8) is 0 Å². The van der Waals surface area contributed by atoms with E-state index in [2.05, 4.69) is 4.90 Å². The summed E-state index contributed by atoms with van der Waals surface area (Å²) in [5.74, 6) is -0.330. The normalized spacial score (nSPS) is 37.6. The predicted octanol–water partition coefficient (Wildman–Crippen LogP) is 2.07. The van der Waals surface area contributed by atoms with Crippen molar-refractivity contribution in [2.75, 3.05) is 13.2 Å². The van der Waals surface area contributed by atoms with Gasteiger partial charge in [-0.2, -0.15) is 0 Å². The Morgan fingerprint density at radius 1 is 1.65 bits per heavy atom. The summed E-state index contributed by atoms with van der Waals surface area (Å²) in [6.45, 7) is 5.01. The number of esters is 1. The van der Waals surface area contributed by atoms with Crippen molar-refractivity contribution < 1.29 is 13.9 Å². The van der Waals surface area contributed by atoms with Crippen molar-refractivity contribution in [2.24, 2.45) is 0 Å². The summed E-state index contributed by atoms with van der Waals surface area (Å²) in [5.41, 5.74) is -0.244. The van der Waals surface area contributed by atoms with Gasteiger partial charge < -0.3 is 4.74 Å². The molecule has 0 saturated carbocycles. The van der Waals surface area contributed by atoms with Crippen LogP contribution < -0.4 is 0 Å². The smallest absolute Gasteiger partial charge is 0.330 e. The Labute approximate surface area is 102 Å². The first-order chi connectivity index (χ1) is 8.09. The van der Waals surface area contributed by atoms with Crippen LogP contribution in [-0.2, 0) is 9.53 Å². The van der Waals surface area contributed by atoms with E-state index >= 15 is 0 Å². The zero-order chi connectivity index (χ0) is 12.5. The Balaban J connectivity index is 2.10. The molecule has 0 N–H and O–H groups in total. The first-order valence-corrected chi connectivity index (χ1v) is 6.36. The maximum Gasteiger partial charge on any atom is 0.330 e. The molecule has 2 aliphatic rings. The molecule has 17 heavy (non-hydrogen) atoms. The minimum absolute atomic E-state index is 0.0376. The Bertz CT molecular complexity index is 331. The molecular formula is C13H20FNO2. The number of nitrogens with zero attached hydrogens (tertiary/aromatic N) is 1. The van der Waals surface area contributed by atoms with E-state index in [-0.39, 0.29) is 17.6 Å². The Morgan fingerprint density at radius 3 is 3.12 bits per heavy atom. The summed E-state index contributed by atoms with van der Waals surface area (Å²) in [5, 5.41) is 0. The van der Waals surface area contributed by atoms with Crippen LogP contribution in [0.15, 0.2) is 12.2 Å². The van der Waals surface area contributed by atoms with Gasteiger partial charge in [0.05, 0.1) is 6.61 Å². The lowest BCUT2D eigenvalue weighted by Gasteiger charge is -2.30. The average Bonchev–Trinajstić information content (AvgIpc) is 2.78. The summed E-state index contributed by atoms with van der Waals surface area (Å²) in [7, 11) is 0. The molecule has 96 valence electrons. The van der Waals surface area contributed by atoms with E-state index in [1.807, 2.05) is 13.0 Å². The van der Waals surface area contributed by atoms with Crippen molar-refractivity contribution in [3.05, 3.63) is 12.2 Å². The number of carbonyl (C=O) groups is 1. The lowest BCUT2D eigenvalue weighted by Crippen LogP contribution is -2.40. The molecule has 0 aliphatic carbocycles. The predicted molar refractivity (Wildman–Crippen MR) is 63.4 cm³/mol. The second kappa shape index (κ2) is 4.77. The van der Waals surface area contributed by atoms with Crippen LogP contribution in [0, 0.1) is 0 Å². The highest BCUT2D eigenvalue weighted by Gasteiger charge is 2.51. The van der Waals surface area contributed by atoms with Crippen LogP contribution in [0.4, 0.5) is 4.39 Å². The van der Waals surface area contributed by atoms with Gasteiger partial charge in [0.2, 0.25) is 0 Å². The van der Waals surface area contributed by atoms with Crippen LogP contribution in [0.3, 0.4) is 0 Å². The molecule has 2 aliphatic heterocycles. The molecule has 4 heteroatoms. The fourth-order valence-corrected chi connectivity index (χ4v) is 3.11. The molecule has 3 nitrogen and oxygen atoms in total. The first kappa shape index (κ1) is 12.6. The van der Waals surface area contributed by atoms with Gasteiger partial charge in [0.25, 0.3) is 0 Å². The van der Waals surface area contributed by atoms with E-state index in [0.717, 1.165) is 19.4 Å². The highest BCUT2D eigenvalue weighted by atomic mass is 19.1. The van der Waals surface area contributed by atoms with E-state index in [4.69, 9.17) is 4.74 Å². The highest BCUT2D eigenvalue weighted by molar-refractivity contribution is 5.82. The standard InChI is InChI=1S/C13H20FNO2/c1-3-17-12(16)5-7-13-6-4-8-15(13)10(2)11(14)9-13/h5,7,10-11H,3-4,6,8-9H2,1-2H3/b7-5+/t10-,11+,13+/m0/s1. The molecule has 2 rings (SSSR count). The molecule has 0 amide bonds. The average molecular weight is 241 g/mol. The molecule has 0 aromatic rings. The number of alkyl halides is 1. The maximum absolute atomic E-state index is 13.8. The summed E-state index contributed by atoms with van der Waals surface area (Å²) in [4.78, 5) is 13.5. The second-order valence-corrected chi connectivity index (χ2v) is 4.95. The van der Waals surface area contributed by atoms with Crippen molar-refractivity contribution >= 4 is 5.97 Å². The summed E-state index contributed by atoms with van der Waals surface area (Å²) in [6.07, 6.45) is 5.05. The number of hydrogen-bond donors (Lipinski definition) is 0. The van der Waals surface area contributed by atoms with Gasteiger partial charge >= 0.3 is 5.97 Å². The molecule has 2 fully saturated rings. The van der Waals surface area contributed by atoms with Gasteiger partial charge in [-0.15, -0.1) is 0 Å². The molecule has 0 bridgehead atoms. The van der Waals surface area contributed by atoms with Gasteiger partial charge in [-0.25, -0.2) is 9.18 Å². The van der Waals surface area contributed by atoms with Crippen LogP contribution in [-0.4, -0.2) is 41.8 Å². The van der Waals surface area contributed by atoms with Gasteiger partial charge in [0.15, 0.2) is 0 Å². The topological polar surface area (TPSA) is 29.5 Å². The molecule has 2 heterocycles. The maximum atomic E-state index is 13.8. The molecule has 3 atom stereocenters. The Morgan fingerprint density at radius 2 is 2.41 bits per heavy atom. The molecule has 0 aromatic heterocycles. The third-order valence-corrected chi connectivity index (χ3v) is 3.96. The number of carbonyl (C=O) groups excluding carboxylic acids is 1. The second-order valence-electron chi connectivity index (χ2n) is 4.95. The Kier molecular flexibility index (Phi) is 3.52. The fourth-order valence-electron chi connectivity index (χ4n) is 3.11. The SMILES string of the molecule is CCOC(=O)/C=C/[C@@]12CCCN1[C@@H](C)[C@H](F)C2. The van der Waals surface area contributed by atoms with Crippen molar-refractivity contribution in [1.82, 2.24) is 4.90 Å². The van der Waals surface area contributed by atoms with Crippen LogP contribution in [0.25, 0.3) is 0 Å². The molecule has 2 saturated heterocycles. The van der Waals surface area contributed by atoms with Crippen LogP contribution in [0.1, 0.15) is 33.1 Å². The number of hydrogen-bond acceptors (Lipinski definition) is 3. The lowest BCUT2D eigenvalue weighted by molar-refractivity contribution is -0.137. The minimum atomic E-state index is -0.790. The third kappa shape index (κ3) is 2.23. The monoisotopic (exact) mass is 241 g/mol. The molecule has 0 unspecified atom stereocenters. The number of ether oxygens (including phenoxy) is 1.